The van der Waals surface area contributed by atoms with Gasteiger partial charge in [0, 0.05) is 23.3 Å². The summed E-state index contributed by atoms with van der Waals surface area (Å²) in [6.45, 7) is 0. The number of nitrogens with zero attached hydrogens (tertiary/aromatic N) is 1. The minimum absolute atomic E-state index is 0.634. The molecule has 0 amide bonds. The van der Waals surface area contributed by atoms with Crippen LogP contribution in [-0.4, -0.2) is 28.4 Å². The van der Waals surface area contributed by atoms with Crippen molar-refractivity contribution in [2.45, 2.75) is 0 Å². The second-order valence-corrected chi connectivity index (χ2v) is 4.85. The molecule has 0 bridgehead atoms. The Labute approximate surface area is 141 Å². The highest BCUT2D eigenvalue weighted by Crippen LogP contribution is 2.36. The molecule has 5 heteroatoms. The zero-order valence-corrected chi connectivity index (χ0v) is 14.1. The van der Waals surface area contributed by atoms with Gasteiger partial charge in [-0.1, -0.05) is 0 Å². The third-order valence-electron chi connectivity index (χ3n) is 3.57. The lowest BCUT2D eigenvalue weighted by molar-refractivity contribution is 0.394. The minimum Gasteiger partial charge on any atom is -0.497 e. The first-order valence-electron chi connectivity index (χ1n) is 7.22. The highest BCUT2D eigenvalue weighted by Gasteiger charge is 2.14. The fraction of sp³-hybridized carbons (Fsp3) is 0.211. The number of methoxy groups -OCH3 is 4. The first-order valence-corrected chi connectivity index (χ1v) is 7.22. The minimum atomic E-state index is 0.634. The van der Waals surface area contributed by atoms with Crippen molar-refractivity contribution in [3.63, 3.8) is 0 Å². The van der Waals surface area contributed by atoms with E-state index in [1.165, 1.54) is 6.08 Å². The van der Waals surface area contributed by atoms with Crippen LogP contribution in [0.15, 0.2) is 42.5 Å². The predicted molar refractivity (Wildman–Crippen MR) is 91.8 cm³/mol. The van der Waals surface area contributed by atoms with E-state index in [9.17, 15) is 5.26 Å². The summed E-state index contributed by atoms with van der Waals surface area (Å²) in [4.78, 5) is 0. The normalized spacial score (nSPS) is 10.7. The molecule has 2 aromatic rings. The summed E-state index contributed by atoms with van der Waals surface area (Å²) in [6.07, 6.45) is 1.46. The van der Waals surface area contributed by atoms with Gasteiger partial charge >= 0.3 is 0 Å². The maximum absolute atomic E-state index is 9.24. The topological polar surface area (TPSA) is 60.7 Å². The molecule has 24 heavy (non-hydrogen) atoms. The summed E-state index contributed by atoms with van der Waals surface area (Å²) in [6, 6.07) is 13.0. The van der Waals surface area contributed by atoms with E-state index in [4.69, 9.17) is 18.9 Å². The van der Waals surface area contributed by atoms with Crippen molar-refractivity contribution in [2.24, 2.45) is 0 Å². The molecule has 0 unspecified atom stereocenters. The molecule has 124 valence electrons. The number of allylic oxidation sites excluding steroid dienone is 1. The molecule has 0 fully saturated rings. The van der Waals surface area contributed by atoms with E-state index < -0.39 is 0 Å². The van der Waals surface area contributed by atoms with Crippen molar-refractivity contribution in [1.29, 1.82) is 5.26 Å². The Bertz CT molecular complexity index is 768. The van der Waals surface area contributed by atoms with Crippen molar-refractivity contribution >= 4 is 5.57 Å². The fourth-order valence-electron chi connectivity index (χ4n) is 2.37. The molecule has 0 aromatic heterocycles. The lowest BCUT2D eigenvalue weighted by atomic mass is 9.96. The van der Waals surface area contributed by atoms with Crippen LogP contribution in [-0.2, 0) is 0 Å². The SMILES string of the molecule is COc1cc(OC)cc(C(=CC#N)c2cc(OC)ccc2OC)c1. The molecule has 0 saturated carbocycles. The van der Waals surface area contributed by atoms with Gasteiger partial charge in [0.15, 0.2) is 0 Å². The van der Waals surface area contributed by atoms with Gasteiger partial charge in [-0.2, -0.15) is 5.26 Å². The van der Waals surface area contributed by atoms with Crippen molar-refractivity contribution in [1.82, 2.24) is 0 Å². The predicted octanol–water partition coefficient (Wildman–Crippen LogP) is 3.68. The quantitative estimate of drug-likeness (QED) is 0.758. The maximum Gasteiger partial charge on any atom is 0.126 e. The lowest BCUT2D eigenvalue weighted by Crippen LogP contribution is -1.97. The van der Waals surface area contributed by atoms with Crippen LogP contribution in [0.4, 0.5) is 0 Å². The standard InChI is InChI=1S/C19H19NO4/c1-21-14-5-6-19(24-4)18(12-14)17(7-8-20)13-9-15(22-2)11-16(10-13)23-3/h5-7,9-12H,1-4H3. The summed E-state index contributed by atoms with van der Waals surface area (Å²) in [5.74, 6) is 2.58. The Hall–Kier alpha value is -3.13. The van der Waals surface area contributed by atoms with Gasteiger partial charge in [0.05, 0.1) is 34.5 Å². The van der Waals surface area contributed by atoms with Crippen LogP contribution in [0, 0.1) is 11.3 Å². The molecule has 0 aliphatic carbocycles. The number of hydrogen-bond acceptors (Lipinski definition) is 5. The van der Waals surface area contributed by atoms with Gasteiger partial charge in [-0.25, -0.2) is 0 Å². The van der Waals surface area contributed by atoms with E-state index in [-0.39, 0.29) is 0 Å². The summed E-state index contributed by atoms with van der Waals surface area (Å²) in [7, 11) is 6.34. The van der Waals surface area contributed by atoms with Crippen LogP contribution in [0.5, 0.6) is 23.0 Å². The summed E-state index contributed by atoms with van der Waals surface area (Å²) >= 11 is 0. The first-order chi connectivity index (χ1) is 11.7. The van der Waals surface area contributed by atoms with E-state index in [2.05, 4.69) is 6.07 Å². The van der Waals surface area contributed by atoms with Gasteiger partial charge in [0.25, 0.3) is 0 Å². The molecule has 0 radical (unpaired) electrons. The molecule has 0 saturated heterocycles. The van der Waals surface area contributed by atoms with Crippen LogP contribution < -0.4 is 18.9 Å². The first kappa shape index (κ1) is 17.2. The average molecular weight is 325 g/mol. The molecule has 2 rings (SSSR count). The molecule has 2 aromatic carbocycles. The van der Waals surface area contributed by atoms with Crippen LogP contribution >= 0.6 is 0 Å². The molecule has 0 heterocycles. The van der Waals surface area contributed by atoms with Crippen LogP contribution in [0.3, 0.4) is 0 Å². The van der Waals surface area contributed by atoms with Crippen molar-refractivity contribution in [3.8, 4) is 29.1 Å². The van der Waals surface area contributed by atoms with Gasteiger partial charge < -0.3 is 18.9 Å². The lowest BCUT2D eigenvalue weighted by Gasteiger charge is -2.15. The maximum atomic E-state index is 9.24. The number of ether oxygens (including phenoxy) is 4. The van der Waals surface area contributed by atoms with Crippen molar-refractivity contribution in [3.05, 3.63) is 53.6 Å². The fourth-order valence-corrected chi connectivity index (χ4v) is 2.37. The molecule has 0 N–H and O–H groups in total. The number of hydrogen-bond donors (Lipinski definition) is 0. The Morgan fingerprint density at radius 2 is 1.46 bits per heavy atom. The van der Waals surface area contributed by atoms with Crippen molar-refractivity contribution < 1.29 is 18.9 Å². The Morgan fingerprint density at radius 3 is 1.96 bits per heavy atom. The molecule has 0 aliphatic heterocycles. The van der Waals surface area contributed by atoms with E-state index in [1.54, 1.807) is 46.6 Å². The largest absolute Gasteiger partial charge is 0.497 e. The Kier molecular flexibility index (Phi) is 5.69. The highest BCUT2D eigenvalue weighted by molar-refractivity contribution is 5.85. The highest BCUT2D eigenvalue weighted by atomic mass is 16.5. The monoisotopic (exact) mass is 325 g/mol. The second-order valence-electron chi connectivity index (χ2n) is 4.85. The zero-order chi connectivity index (χ0) is 17.5. The van der Waals surface area contributed by atoms with Gasteiger partial charge in [0.1, 0.15) is 23.0 Å². The third kappa shape index (κ3) is 3.61. The Balaban J connectivity index is 2.68. The summed E-state index contributed by atoms with van der Waals surface area (Å²) in [5, 5.41) is 9.24. The third-order valence-corrected chi connectivity index (χ3v) is 3.57. The van der Waals surface area contributed by atoms with Gasteiger partial charge in [-0.3, -0.25) is 0 Å². The molecule has 0 aliphatic rings. The van der Waals surface area contributed by atoms with E-state index >= 15 is 0 Å². The van der Waals surface area contributed by atoms with Gasteiger partial charge in [-0.15, -0.1) is 0 Å². The molecule has 0 spiro atoms. The van der Waals surface area contributed by atoms with Gasteiger partial charge in [-0.05, 0) is 35.9 Å². The number of nitriles is 1. The van der Waals surface area contributed by atoms with E-state index in [0.29, 0.717) is 28.6 Å². The summed E-state index contributed by atoms with van der Waals surface area (Å²) < 4.78 is 21.4. The summed E-state index contributed by atoms with van der Waals surface area (Å²) in [5.41, 5.74) is 2.21. The molecular weight excluding hydrogens is 306 g/mol. The molecule has 5 nitrogen and oxygen atoms in total. The molecular formula is C19H19NO4. The van der Waals surface area contributed by atoms with E-state index in [1.807, 2.05) is 18.2 Å². The smallest absolute Gasteiger partial charge is 0.126 e. The van der Waals surface area contributed by atoms with Crippen LogP contribution in [0.1, 0.15) is 11.1 Å². The van der Waals surface area contributed by atoms with Crippen LogP contribution in [0.2, 0.25) is 0 Å². The number of benzene rings is 2. The number of rotatable bonds is 6. The van der Waals surface area contributed by atoms with E-state index in [0.717, 1.165) is 11.1 Å². The van der Waals surface area contributed by atoms with Crippen molar-refractivity contribution in [2.75, 3.05) is 28.4 Å². The Morgan fingerprint density at radius 1 is 0.833 bits per heavy atom. The zero-order valence-electron chi connectivity index (χ0n) is 14.1. The molecule has 0 atom stereocenters. The second kappa shape index (κ2) is 7.93. The van der Waals surface area contributed by atoms with Gasteiger partial charge in [0.2, 0.25) is 0 Å². The average Bonchev–Trinajstić information content (AvgIpc) is 2.64. The van der Waals surface area contributed by atoms with Crippen LogP contribution in [0.25, 0.3) is 5.57 Å².